The predicted octanol–water partition coefficient (Wildman–Crippen LogP) is 3.82. The molecule has 0 aromatic carbocycles. The van der Waals surface area contributed by atoms with Crippen molar-refractivity contribution in [2.45, 2.75) is 60.8 Å². The number of carbonyl (C=O) groups excluding carboxylic acids is 1. The standard InChI is InChI=1S/C12H24O/c1-10(13)9-12(5,6)8-7-11(2,3)4/h7-9H2,1-6H3. The van der Waals surface area contributed by atoms with E-state index in [0.717, 1.165) is 6.42 Å². The molecule has 0 radical (unpaired) electrons. The van der Waals surface area contributed by atoms with Gasteiger partial charge in [-0.15, -0.1) is 0 Å². The summed E-state index contributed by atoms with van der Waals surface area (Å²) >= 11 is 0. The molecule has 0 N–H and O–H groups in total. The lowest BCUT2D eigenvalue weighted by atomic mass is 9.77. The molecule has 0 atom stereocenters. The molecular formula is C12H24O. The van der Waals surface area contributed by atoms with E-state index in [4.69, 9.17) is 0 Å². The van der Waals surface area contributed by atoms with Crippen LogP contribution in [-0.2, 0) is 4.79 Å². The van der Waals surface area contributed by atoms with E-state index in [2.05, 4.69) is 34.6 Å². The van der Waals surface area contributed by atoms with E-state index in [1.54, 1.807) is 6.92 Å². The lowest BCUT2D eigenvalue weighted by Gasteiger charge is -2.28. The van der Waals surface area contributed by atoms with Gasteiger partial charge < -0.3 is 4.79 Å². The summed E-state index contributed by atoms with van der Waals surface area (Å²) in [6, 6.07) is 0. The summed E-state index contributed by atoms with van der Waals surface area (Å²) in [5.74, 6) is 0.305. The summed E-state index contributed by atoms with van der Waals surface area (Å²) in [5, 5.41) is 0. The van der Waals surface area contributed by atoms with Crippen LogP contribution in [0, 0.1) is 10.8 Å². The van der Waals surface area contributed by atoms with Crippen LogP contribution in [0.1, 0.15) is 60.8 Å². The van der Waals surface area contributed by atoms with Crippen LogP contribution in [0.2, 0.25) is 0 Å². The summed E-state index contributed by atoms with van der Waals surface area (Å²) in [7, 11) is 0. The van der Waals surface area contributed by atoms with Gasteiger partial charge in [0.05, 0.1) is 0 Å². The lowest BCUT2D eigenvalue weighted by Crippen LogP contribution is -2.18. The van der Waals surface area contributed by atoms with Crippen molar-refractivity contribution in [3.8, 4) is 0 Å². The summed E-state index contributed by atoms with van der Waals surface area (Å²) < 4.78 is 0. The molecule has 78 valence electrons. The smallest absolute Gasteiger partial charge is 0.130 e. The van der Waals surface area contributed by atoms with Gasteiger partial charge >= 0.3 is 0 Å². The van der Waals surface area contributed by atoms with Gasteiger partial charge in [-0.2, -0.15) is 0 Å². The fourth-order valence-corrected chi connectivity index (χ4v) is 1.48. The van der Waals surface area contributed by atoms with Gasteiger partial charge in [0, 0.05) is 6.42 Å². The van der Waals surface area contributed by atoms with E-state index in [1.165, 1.54) is 6.42 Å². The number of hydrogen-bond donors (Lipinski definition) is 0. The molecule has 13 heavy (non-hydrogen) atoms. The van der Waals surface area contributed by atoms with Gasteiger partial charge in [-0.3, -0.25) is 0 Å². The van der Waals surface area contributed by atoms with E-state index < -0.39 is 0 Å². The van der Waals surface area contributed by atoms with Gasteiger partial charge in [-0.25, -0.2) is 0 Å². The van der Waals surface area contributed by atoms with Gasteiger partial charge in [0.2, 0.25) is 0 Å². The molecule has 0 saturated carbocycles. The molecule has 0 aromatic heterocycles. The molecule has 1 nitrogen and oxygen atoms in total. The van der Waals surface area contributed by atoms with Crippen LogP contribution in [0.15, 0.2) is 0 Å². The third kappa shape index (κ3) is 8.01. The number of carbonyl (C=O) groups is 1. The zero-order chi connectivity index (χ0) is 10.7. The summed E-state index contributed by atoms with van der Waals surface area (Å²) in [5.41, 5.74) is 0.563. The molecule has 0 aliphatic carbocycles. The summed E-state index contributed by atoms with van der Waals surface area (Å²) in [6.07, 6.45) is 3.03. The summed E-state index contributed by atoms with van der Waals surface area (Å²) in [4.78, 5) is 11.0. The monoisotopic (exact) mass is 184 g/mol. The van der Waals surface area contributed by atoms with E-state index in [9.17, 15) is 4.79 Å². The number of rotatable bonds is 4. The largest absolute Gasteiger partial charge is 0.300 e. The normalized spacial score (nSPS) is 13.1. The van der Waals surface area contributed by atoms with Crippen molar-refractivity contribution in [1.82, 2.24) is 0 Å². The topological polar surface area (TPSA) is 17.1 Å². The molecule has 1 heteroatoms. The molecule has 0 bridgehead atoms. The Morgan fingerprint density at radius 3 is 1.77 bits per heavy atom. The van der Waals surface area contributed by atoms with Crippen molar-refractivity contribution in [2.75, 3.05) is 0 Å². The number of ketones is 1. The van der Waals surface area contributed by atoms with Gasteiger partial charge in [0.1, 0.15) is 5.78 Å². The van der Waals surface area contributed by atoms with E-state index in [-0.39, 0.29) is 5.41 Å². The van der Waals surface area contributed by atoms with Crippen molar-refractivity contribution in [2.24, 2.45) is 10.8 Å². The van der Waals surface area contributed by atoms with Crippen LogP contribution in [0.4, 0.5) is 0 Å². The molecule has 0 aliphatic rings. The fraction of sp³-hybridized carbons (Fsp3) is 0.917. The Labute approximate surface area is 82.9 Å². The molecule has 0 aliphatic heterocycles. The SMILES string of the molecule is CC(=O)CC(C)(C)CCC(C)(C)C. The third-order valence-corrected chi connectivity index (χ3v) is 2.28. The Balaban J connectivity index is 3.96. The molecule has 0 spiro atoms. The zero-order valence-corrected chi connectivity index (χ0v) is 10.0. The van der Waals surface area contributed by atoms with Crippen molar-refractivity contribution in [1.29, 1.82) is 0 Å². The highest BCUT2D eigenvalue weighted by Crippen LogP contribution is 2.32. The Bertz CT molecular complexity index is 172. The quantitative estimate of drug-likeness (QED) is 0.649. The average molecular weight is 184 g/mol. The molecule has 0 aromatic rings. The van der Waals surface area contributed by atoms with Gasteiger partial charge in [0.15, 0.2) is 0 Å². The van der Waals surface area contributed by atoms with E-state index in [1.807, 2.05) is 0 Å². The predicted molar refractivity (Wildman–Crippen MR) is 57.8 cm³/mol. The van der Waals surface area contributed by atoms with Crippen LogP contribution in [0.25, 0.3) is 0 Å². The second-order valence-electron chi connectivity index (χ2n) is 6.10. The maximum absolute atomic E-state index is 11.0. The molecular weight excluding hydrogens is 160 g/mol. The van der Waals surface area contributed by atoms with Crippen LogP contribution in [0.5, 0.6) is 0 Å². The second kappa shape index (κ2) is 4.26. The number of hydrogen-bond acceptors (Lipinski definition) is 1. The van der Waals surface area contributed by atoms with Gasteiger partial charge in [0.25, 0.3) is 0 Å². The third-order valence-electron chi connectivity index (χ3n) is 2.28. The Kier molecular flexibility index (Phi) is 4.15. The van der Waals surface area contributed by atoms with E-state index in [0.29, 0.717) is 17.6 Å². The first kappa shape index (κ1) is 12.7. The van der Waals surface area contributed by atoms with E-state index >= 15 is 0 Å². The van der Waals surface area contributed by atoms with Crippen LogP contribution < -0.4 is 0 Å². The van der Waals surface area contributed by atoms with Crippen LogP contribution >= 0.6 is 0 Å². The van der Waals surface area contributed by atoms with Crippen LogP contribution in [0.3, 0.4) is 0 Å². The molecule has 0 saturated heterocycles. The van der Waals surface area contributed by atoms with Gasteiger partial charge in [-0.05, 0) is 30.6 Å². The summed E-state index contributed by atoms with van der Waals surface area (Å²) in [6.45, 7) is 12.8. The molecule has 0 unspecified atom stereocenters. The Hall–Kier alpha value is -0.330. The molecule has 0 fully saturated rings. The highest BCUT2D eigenvalue weighted by molar-refractivity contribution is 5.76. The fourth-order valence-electron chi connectivity index (χ4n) is 1.48. The van der Waals surface area contributed by atoms with Gasteiger partial charge in [-0.1, -0.05) is 34.6 Å². The Morgan fingerprint density at radius 1 is 1.00 bits per heavy atom. The first-order valence-corrected chi connectivity index (χ1v) is 5.12. The number of Topliss-reactive ketones (excluding diaryl/α,β-unsaturated/α-hetero) is 1. The Morgan fingerprint density at radius 2 is 1.46 bits per heavy atom. The minimum atomic E-state index is 0.180. The van der Waals surface area contributed by atoms with Crippen molar-refractivity contribution in [3.63, 3.8) is 0 Å². The van der Waals surface area contributed by atoms with Crippen molar-refractivity contribution < 1.29 is 4.79 Å². The second-order valence-corrected chi connectivity index (χ2v) is 6.10. The first-order valence-electron chi connectivity index (χ1n) is 5.12. The maximum Gasteiger partial charge on any atom is 0.130 e. The molecule has 0 amide bonds. The zero-order valence-electron chi connectivity index (χ0n) is 10.0. The molecule has 0 rings (SSSR count). The maximum atomic E-state index is 11.0. The van der Waals surface area contributed by atoms with Crippen molar-refractivity contribution in [3.05, 3.63) is 0 Å². The lowest BCUT2D eigenvalue weighted by molar-refractivity contribution is -0.119. The first-order chi connectivity index (χ1) is 5.62. The van der Waals surface area contributed by atoms with Crippen molar-refractivity contribution >= 4 is 5.78 Å². The highest BCUT2D eigenvalue weighted by atomic mass is 16.1. The molecule has 0 heterocycles. The highest BCUT2D eigenvalue weighted by Gasteiger charge is 2.22. The minimum Gasteiger partial charge on any atom is -0.300 e. The van der Waals surface area contributed by atoms with Crippen LogP contribution in [-0.4, -0.2) is 5.78 Å². The average Bonchev–Trinajstić information content (AvgIpc) is 1.79. The minimum absolute atomic E-state index is 0.180.